The van der Waals surface area contributed by atoms with E-state index in [1.165, 1.54) is 22.1 Å². The molecule has 0 fully saturated rings. The van der Waals surface area contributed by atoms with Gasteiger partial charge in [-0.2, -0.15) is 9.78 Å². The van der Waals surface area contributed by atoms with E-state index in [0.717, 1.165) is 4.88 Å². The Bertz CT molecular complexity index is 1150. The summed E-state index contributed by atoms with van der Waals surface area (Å²) in [7, 11) is 0. The lowest BCUT2D eigenvalue weighted by atomic mass is 10.2. The monoisotopic (exact) mass is 378 g/mol. The highest BCUT2D eigenvalue weighted by Gasteiger charge is 2.17. The summed E-state index contributed by atoms with van der Waals surface area (Å²) < 4.78 is 1.42. The summed E-state index contributed by atoms with van der Waals surface area (Å²) in [5, 5.41) is 9.28. The fourth-order valence-electron chi connectivity index (χ4n) is 2.53. The third-order valence-corrected chi connectivity index (χ3v) is 4.62. The number of thiophene rings is 1. The zero-order valence-corrected chi connectivity index (χ0v) is 15.0. The molecule has 0 saturated carbocycles. The number of aryl methyl sites for hydroxylation is 1. The topological polar surface area (TPSA) is 106 Å². The van der Waals surface area contributed by atoms with E-state index in [1.54, 1.807) is 37.5 Å². The summed E-state index contributed by atoms with van der Waals surface area (Å²) in [5.74, 6) is 0.313. The molecular formula is C18H14N6O2S. The van der Waals surface area contributed by atoms with Crippen LogP contribution in [0.15, 0.2) is 59.0 Å². The van der Waals surface area contributed by atoms with Gasteiger partial charge in [-0.1, -0.05) is 6.07 Å². The van der Waals surface area contributed by atoms with Crippen molar-refractivity contribution in [1.82, 2.24) is 24.7 Å². The van der Waals surface area contributed by atoms with Crippen molar-refractivity contribution in [3.8, 4) is 16.5 Å². The van der Waals surface area contributed by atoms with Gasteiger partial charge in [0.05, 0.1) is 4.88 Å². The first-order chi connectivity index (χ1) is 13.1. The molecule has 0 atom stereocenters. The predicted octanol–water partition coefficient (Wildman–Crippen LogP) is 2.64. The maximum Gasteiger partial charge on any atom is 0.256 e. The molecule has 4 heterocycles. The van der Waals surface area contributed by atoms with Crippen LogP contribution >= 0.6 is 11.3 Å². The number of nitrogens with zero attached hydrogens (tertiary/aromatic N) is 4. The van der Waals surface area contributed by atoms with E-state index in [4.69, 9.17) is 0 Å². The number of nitrogens with one attached hydrogen (secondary N) is 2. The van der Waals surface area contributed by atoms with Gasteiger partial charge in [-0.05, 0) is 30.5 Å². The van der Waals surface area contributed by atoms with Gasteiger partial charge in [0, 0.05) is 35.8 Å². The van der Waals surface area contributed by atoms with Gasteiger partial charge in [-0.25, -0.2) is 4.98 Å². The molecule has 0 radical (unpaired) electrons. The van der Waals surface area contributed by atoms with Crippen LogP contribution in [-0.2, 0) is 0 Å². The molecular weight excluding hydrogens is 364 g/mol. The summed E-state index contributed by atoms with van der Waals surface area (Å²) in [6.45, 7) is 1.72. The number of aromatic nitrogens is 5. The van der Waals surface area contributed by atoms with Crippen LogP contribution in [0.3, 0.4) is 0 Å². The molecule has 4 rings (SSSR count). The van der Waals surface area contributed by atoms with E-state index in [1.807, 2.05) is 17.5 Å². The second-order valence-corrected chi connectivity index (χ2v) is 6.65. The molecule has 1 amide bonds. The van der Waals surface area contributed by atoms with E-state index in [-0.39, 0.29) is 17.4 Å². The summed E-state index contributed by atoms with van der Waals surface area (Å²) in [5.41, 5.74) is 1.38. The molecule has 0 saturated heterocycles. The molecule has 4 aromatic rings. The zero-order chi connectivity index (χ0) is 18.8. The van der Waals surface area contributed by atoms with Crippen molar-refractivity contribution in [3.05, 3.63) is 75.8 Å². The number of carbonyl (C=O) groups is 1. The van der Waals surface area contributed by atoms with Crippen LogP contribution in [0.1, 0.15) is 16.1 Å². The van der Waals surface area contributed by atoms with E-state index in [2.05, 4.69) is 25.4 Å². The van der Waals surface area contributed by atoms with Gasteiger partial charge in [0.1, 0.15) is 11.5 Å². The molecule has 134 valence electrons. The van der Waals surface area contributed by atoms with Crippen molar-refractivity contribution < 1.29 is 4.79 Å². The minimum absolute atomic E-state index is 0.229. The van der Waals surface area contributed by atoms with Gasteiger partial charge in [-0.3, -0.25) is 19.6 Å². The molecule has 0 bridgehead atoms. The van der Waals surface area contributed by atoms with Crippen LogP contribution in [-0.4, -0.2) is 30.6 Å². The number of rotatable bonds is 4. The van der Waals surface area contributed by atoms with Crippen LogP contribution in [0.25, 0.3) is 16.5 Å². The van der Waals surface area contributed by atoms with Crippen molar-refractivity contribution in [3.63, 3.8) is 0 Å². The smallest absolute Gasteiger partial charge is 0.256 e. The Hall–Kier alpha value is -3.59. The third kappa shape index (κ3) is 3.53. The largest absolute Gasteiger partial charge is 0.306 e. The van der Waals surface area contributed by atoms with Crippen LogP contribution in [0.5, 0.6) is 0 Å². The minimum Gasteiger partial charge on any atom is -0.306 e. The van der Waals surface area contributed by atoms with Crippen LogP contribution < -0.4 is 10.9 Å². The van der Waals surface area contributed by atoms with Crippen molar-refractivity contribution in [2.45, 2.75) is 6.92 Å². The van der Waals surface area contributed by atoms with Gasteiger partial charge < -0.3 is 5.32 Å². The first-order valence-electron chi connectivity index (χ1n) is 8.04. The average Bonchev–Trinajstić information content (AvgIpc) is 3.31. The summed E-state index contributed by atoms with van der Waals surface area (Å²) in [4.78, 5) is 36.2. The maximum absolute atomic E-state index is 12.6. The highest BCUT2D eigenvalue weighted by molar-refractivity contribution is 7.13. The average molecular weight is 378 g/mol. The van der Waals surface area contributed by atoms with E-state index < -0.39 is 0 Å². The van der Waals surface area contributed by atoms with Crippen molar-refractivity contribution in [2.75, 3.05) is 5.32 Å². The first kappa shape index (κ1) is 16.9. The number of aromatic amines is 1. The molecule has 2 N–H and O–H groups in total. The Balaban J connectivity index is 1.79. The zero-order valence-electron chi connectivity index (χ0n) is 14.2. The lowest BCUT2D eigenvalue weighted by Gasteiger charge is -2.08. The molecule has 0 spiro atoms. The summed E-state index contributed by atoms with van der Waals surface area (Å²) in [6.07, 6.45) is 3.09. The van der Waals surface area contributed by atoms with Crippen LogP contribution in [0.4, 0.5) is 5.82 Å². The molecule has 8 nitrogen and oxygen atoms in total. The maximum atomic E-state index is 12.6. The molecule has 9 heteroatoms. The minimum atomic E-state index is -0.314. The summed E-state index contributed by atoms with van der Waals surface area (Å²) >= 11 is 1.53. The van der Waals surface area contributed by atoms with Crippen molar-refractivity contribution in [1.29, 1.82) is 0 Å². The lowest BCUT2D eigenvalue weighted by molar-refractivity contribution is 0.102. The Morgan fingerprint density at radius 3 is 2.74 bits per heavy atom. The van der Waals surface area contributed by atoms with E-state index in [9.17, 15) is 9.59 Å². The number of carbonyl (C=O) groups excluding carboxylic acids is 1. The van der Waals surface area contributed by atoms with Crippen LogP contribution in [0, 0.1) is 6.92 Å². The number of anilines is 1. The fraction of sp³-hybridized carbons (Fsp3) is 0.0556. The SMILES string of the molecule is Cc1cc(=O)[nH]c(-n2nc(-c3cccs3)cc2NC(=O)c2ccncc2)n1. The first-order valence-corrected chi connectivity index (χ1v) is 8.92. The van der Waals surface area contributed by atoms with Gasteiger partial charge in [0.15, 0.2) is 0 Å². The standard InChI is InChI=1S/C18H14N6O2S/c1-11-9-16(25)22-18(20-11)24-15(10-13(23-24)14-3-2-8-27-14)21-17(26)12-4-6-19-7-5-12/h2-10H,1H3,(H,21,26)(H,20,22,25). The lowest BCUT2D eigenvalue weighted by Crippen LogP contribution is -2.18. The molecule has 0 unspecified atom stereocenters. The predicted molar refractivity (Wildman–Crippen MR) is 102 cm³/mol. The quantitative estimate of drug-likeness (QED) is 0.568. The van der Waals surface area contributed by atoms with Crippen molar-refractivity contribution in [2.24, 2.45) is 0 Å². The number of amides is 1. The second kappa shape index (κ2) is 6.96. The molecule has 0 aliphatic rings. The highest BCUT2D eigenvalue weighted by atomic mass is 32.1. The Kier molecular flexibility index (Phi) is 4.35. The number of hydrogen-bond acceptors (Lipinski definition) is 6. The second-order valence-electron chi connectivity index (χ2n) is 5.70. The van der Waals surface area contributed by atoms with Gasteiger partial charge in [0.25, 0.3) is 11.5 Å². The normalized spacial score (nSPS) is 10.7. The van der Waals surface area contributed by atoms with E-state index in [0.29, 0.717) is 22.8 Å². The Labute approximate surface area is 157 Å². The number of pyridine rings is 1. The number of hydrogen-bond donors (Lipinski definition) is 2. The molecule has 4 aromatic heterocycles. The molecule has 0 aliphatic carbocycles. The Morgan fingerprint density at radius 1 is 1.22 bits per heavy atom. The van der Waals surface area contributed by atoms with Crippen molar-refractivity contribution >= 4 is 23.1 Å². The molecule has 0 aromatic carbocycles. The van der Waals surface area contributed by atoms with Gasteiger partial charge >= 0.3 is 0 Å². The van der Waals surface area contributed by atoms with Gasteiger partial charge in [0.2, 0.25) is 5.95 Å². The molecule has 0 aliphatic heterocycles. The third-order valence-electron chi connectivity index (χ3n) is 3.72. The highest BCUT2D eigenvalue weighted by Crippen LogP contribution is 2.27. The number of H-pyrrole nitrogens is 1. The van der Waals surface area contributed by atoms with E-state index >= 15 is 0 Å². The summed E-state index contributed by atoms with van der Waals surface area (Å²) in [6, 6.07) is 10.2. The van der Waals surface area contributed by atoms with Crippen LogP contribution in [0.2, 0.25) is 0 Å². The Morgan fingerprint density at radius 2 is 2.04 bits per heavy atom. The fourth-order valence-corrected chi connectivity index (χ4v) is 3.21. The molecule has 27 heavy (non-hydrogen) atoms. The van der Waals surface area contributed by atoms with Gasteiger partial charge in [-0.15, -0.1) is 11.3 Å².